The van der Waals surface area contributed by atoms with Gasteiger partial charge in [-0.05, 0) is 42.3 Å². The molecule has 0 aliphatic carbocycles. The lowest BCUT2D eigenvalue weighted by molar-refractivity contribution is -0.125. The third-order valence-corrected chi connectivity index (χ3v) is 6.40. The number of rotatable bonds is 6. The van der Waals surface area contributed by atoms with Gasteiger partial charge in [-0.3, -0.25) is 18.9 Å². The summed E-state index contributed by atoms with van der Waals surface area (Å²) in [5.74, 6) is 0.414. The summed E-state index contributed by atoms with van der Waals surface area (Å²) in [6.45, 7) is 5.00. The monoisotopic (exact) mass is 474 g/mol. The molecule has 0 saturated carbocycles. The van der Waals surface area contributed by atoms with Gasteiger partial charge in [-0.25, -0.2) is 4.79 Å². The smallest absolute Gasteiger partial charge is 0.334 e. The Balaban J connectivity index is 1.49. The minimum absolute atomic E-state index is 0.126. The summed E-state index contributed by atoms with van der Waals surface area (Å²) in [6, 6.07) is 16.8. The Morgan fingerprint density at radius 1 is 1.18 bits per heavy atom. The van der Waals surface area contributed by atoms with Gasteiger partial charge in [0.15, 0.2) is 0 Å². The van der Waals surface area contributed by atoms with Crippen LogP contribution >= 0.6 is 11.6 Å². The number of likely N-dealkylation sites (tertiary alicyclic amines) is 1. The first-order chi connectivity index (χ1) is 16.6. The van der Waals surface area contributed by atoms with Crippen molar-refractivity contribution in [1.82, 2.24) is 19.0 Å². The van der Waals surface area contributed by atoms with Gasteiger partial charge in [0.2, 0.25) is 5.91 Å². The quantitative estimate of drug-likeness (QED) is 0.389. The number of amides is 1. The van der Waals surface area contributed by atoms with E-state index in [1.807, 2.05) is 42.5 Å². The lowest BCUT2D eigenvalue weighted by Crippen LogP contribution is -2.31. The Hall–Kier alpha value is -3.84. The third kappa shape index (κ3) is 3.99. The number of ether oxygens (including phenoxy) is 1. The van der Waals surface area contributed by atoms with E-state index in [0.717, 1.165) is 11.1 Å². The van der Waals surface area contributed by atoms with Crippen LogP contribution in [0.15, 0.2) is 84.4 Å². The molecular formula is C26H23ClN4O3. The zero-order valence-electron chi connectivity index (χ0n) is 18.4. The van der Waals surface area contributed by atoms with Crippen LogP contribution < -0.4 is 10.4 Å². The van der Waals surface area contributed by atoms with Crippen LogP contribution in [0.5, 0.6) is 5.75 Å². The molecule has 2 aromatic carbocycles. The molecule has 7 nitrogen and oxygen atoms in total. The van der Waals surface area contributed by atoms with Gasteiger partial charge in [-0.2, -0.15) is 0 Å². The zero-order chi connectivity index (χ0) is 23.7. The number of carbonyl (C=O) groups is 1. The van der Waals surface area contributed by atoms with Crippen LogP contribution in [-0.2, 0) is 11.4 Å². The molecule has 0 unspecified atom stereocenters. The van der Waals surface area contributed by atoms with E-state index in [2.05, 4.69) is 11.6 Å². The average molecular weight is 475 g/mol. The molecule has 4 aromatic rings. The van der Waals surface area contributed by atoms with Crippen molar-refractivity contribution < 1.29 is 9.53 Å². The Morgan fingerprint density at radius 2 is 2.00 bits per heavy atom. The van der Waals surface area contributed by atoms with Gasteiger partial charge in [0.1, 0.15) is 12.4 Å². The molecule has 2 aromatic heterocycles. The fraction of sp³-hybridized carbons (Fsp3) is 0.192. The summed E-state index contributed by atoms with van der Waals surface area (Å²) < 4.78 is 9.24. The molecule has 1 aliphatic heterocycles. The Kier molecular flexibility index (Phi) is 5.94. The van der Waals surface area contributed by atoms with E-state index in [9.17, 15) is 9.59 Å². The maximum atomic E-state index is 13.6. The number of carbonyl (C=O) groups excluding carboxylic acids is 1. The van der Waals surface area contributed by atoms with Crippen LogP contribution in [0.4, 0.5) is 0 Å². The van der Waals surface area contributed by atoms with E-state index < -0.39 is 0 Å². The minimum Gasteiger partial charge on any atom is -0.487 e. The summed E-state index contributed by atoms with van der Waals surface area (Å²) in [5, 5.41) is 0.411. The molecule has 0 bridgehead atoms. The molecule has 1 amide bonds. The summed E-state index contributed by atoms with van der Waals surface area (Å²) in [4.78, 5) is 31.6. The van der Waals surface area contributed by atoms with Gasteiger partial charge in [0, 0.05) is 19.3 Å². The van der Waals surface area contributed by atoms with Gasteiger partial charge in [0.05, 0.1) is 34.0 Å². The molecule has 0 spiro atoms. The van der Waals surface area contributed by atoms with Gasteiger partial charge in [0.25, 0.3) is 0 Å². The fourth-order valence-corrected chi connectivity index (χ4v) is 4.66. The molecule has 1 aliphatic rings. The molecule has 3 heterocycles. The molecule has 1 atom stereocenters. The summed E-state index contributed by atoms with van der Waals surface area (Å²) in [7, 11) is 0. The van der Waals surface area contributed by atoms with Gasteiger partial charge < -0.3 is 9.64 Å². The zero-order valence-corrected chi connectivity index (χ0v) is 19.2. The number of fused-ring (bicyclic) bond motifs is 1. The number of aromatic nitrogens is 3. The highest BCUT2D eigenvalue weighted by molar-refractivity contribution is 6.32. The van der Waals surface area contributed by atoms with Gasteiger partial charge in [-0.1, -0.05) is 48.5 Å². The van der Waals surface area contributed by atoms with Crippen molar-refractivity contribution in [2.75, 3.05) is 13.1 Å². The summed E-state index contributed by atoms with van der Waals surface area (Å²) in [5.41, 5.74) is 2.90. The first-order valence-electron chi connectivity index (χ1n) is 11.0. The highest BCUT2D eigenvalue weighted by Crippen LogP contribution is 2.30. The number of benzene rings is 2. The van der Waals surface area contributed by atoms with Gasteiger partial charge >= 0.3 is 5.69 Å². The van der Waals surface area contributed by atoms with Crippen LogP contribution in [0.2, 0.25) is 5.02 Å². The lowest BCUT2D eigenvalue weighted by Gasteiger charge is -2.15. The second-order valence-electron chi connectivity index (χ2n) is 8.17. The number of imidazole rings is 1. The average Bonchev–Trinajstić information content (AvgIpc) is 3.45. The van der Waals surface area contributed by atoms with Gasteiger partial charge in [-0.15, -0.1) is 0 Å². The van der Waals surface area contributed by atoms with E-state index in [1.54, 1.807) is 38.6 Å². The van der Waals surface area contributed by atoms with Crippen molar-refractivity contribution in [3.05, 3.63) is 101 Å². The Morgan fingerprint density at radius 3 is 2.76 bits per heavy atom. The molecule has 1 fully saturated rings. The number of hydrogen-bond donors (Lipinski definition) is 0. The van der Waals surface area contributed by atoms with Crippen LogP contribution in [0.3, 0.4) is 0 Å². The molecule has 8 heteroatoms. The predicted octanol–water partition coefficient (Wildman–Crippen LogP) is 4.38. The van der Waals surface area contributed by atoms with Crippen molar-refractivity contribution in [3.8, 4) is 11.4 Å². The molecule has 1 saturated heterocycles. The first kappa shape index (κ1) is 22.0. The van der Waals surface area contributed by atoms with Crippen molar-refractivity contribution >= 4 is 28.5 Å². The second-order valence-corrected chi connectivity index (χ2v) is 8.58. The highest BCUT2D eigenvalue weighted by Gasteiger charge is 2.30. The lowest BCUT2D eigenvalue weighted by atomic mass is 10.2. The molecule has 172 valence electrons. The second kappa shape index (κ2) is 9.19. The SMILES string of the molecule is C=CC(=O)N1CC[C@@H](n2c(=O)n(-c3ccc(OCc4ccccc4)c(Cl)c3)c3cnccc32)C1. The maximum absolute atomic E-state index is 13.6. The van der Waals surface area contributed by atoms with E-state index in [1.165, 1.54) is 6.08 Å². The van der Waals surface area contributed by atoms with Crippen molar-refractivity contribution in [3.63, 3.8) is 0 Å². The van der Waals surface area contributed by atoms with Crippen LogP contribution in [-0.4, -0.2) is 38.0 Å². The summed E-state index contributed by atoms with van der Waals surface area (Å²) in [6.07, 6.45) is 5.33. The molecule has 0 radical (unpaired) electrons. The Bertz CT molecular complexity index is 1430. The van der Waals surface area contributed by atoms with Crippen molar-refractivity contribution in [2.24, 2.45) is 0 Å². The maximum Gasteiger partial charge on any atom is 0.334 e. The van der Waals surface area contributed by atoms with E-state index >= 15 is 0 Å². The molecule has 0 N–H and O–H groups in total. The Labute approximate surface area is 201 Å². The van der Waals surface area contributed by atoms with E-state index in [0.29, 0.717) is 48.1 Å². The minimum atomic E-state index is -0.199. The normalized spacial score (nSPS) is 15.6. The predicted molar refractivity (Wildman–Crippen MR) is 132 cm³/mol. The molecule has 5 rings (SSSR count). The third-order valence-electron chi connectivity index (χ3n) is 6.10. The van der Waals surface area contributed by atoms with Crippen molar-refractivity contribution in [2.45, 2.75) is 19.1 Å². The van der Waals surface area contributed by atoms with E-state index in [-0.39, 0.29) is 17.6 Å². The number of halogens is 1. The molecule has 34 heavy (non-hydrogen) atoms. The van der Waals surface area contributed by atoms with E-state index in [4.69, 9.17) is 16.3 Å². The van der Waals surface area contributed by atoms with Crippen LogP contribution in [0.25, 0.3) is 16.7 Å². The molecular weight excluding hydrogens is 452 g/mol. The van der Waals surface area contributed by atoms with Crippen LogP contribution in [0.1, 0.15) is 18.0 Å². The number of pyridine rings is 1. The summed E-state index contributed by atoms with van der Waals surface area (Å²) >= 11 is 6.54. The number of hydrogen-bond acceptors (Lipinski definition) is 4. The highest BCUT2D eigenvalue weighted by atomic mass is 35.5. The number of nitrogens with zero attached hydrogens (tertiary/aromatic N) is 4. The van der Waals surface area contributed by atoms with Crippen LogP contribution in [0, 0.1) is 0 Å². The first-order valence-corrected chi connectivity index (χ1v) is 11.4. The standard InChI is InChI=1S/C26H23ClN4O3/c1-2-25(32)29-13-11-20(16-29)31-22-10-12-28-15-23(22)30(26(31)33)19-8-9-24(21(27)14-19)34-17-18-6-4-3-5-7-18/h2-10,12,14-15,20H,1,11,13,16-17H2/t20-/m1/s1. The largest absolute Gasteiger partial charge is 0.487 e. The topological polar surface area (TPSA) is 69.4 Å². The fourth-order valence-electron chi connectivity index (χ4n) is 4.43. The van der Waals surface area contributed by atoms with Crippen molar-refractivity contribution in [1.29, 1.82) is 0 Å².